The van der Waals surface area contributed by atoms with Gasteiger partial charge in [0.25, 0.3) is 0 Å². The molecule has 1 N–H and O–H groups in total. The summed E-state index contributed by atoms with van der Waals surface area (Å²) in [6.45, 7) is 6.47. The van der Waals surface area contributed by atoms with Crippen molar-refractivity contribution in [3.05, 3.63) is 51.0 Å². The first-order valence-electron chi connectivity index (χ1n) is 7.92. The minimum atomic E-state index is -0.143. The van der Waals surface area contributed by atoms with Gasteiger partial charge in [-0.3, -0.25) is 0 Å². The first kappa shape index (κ1) is 18.0. The van der Waals surface area contributed by atoms with Gasteiger partial charge in [-0.2, -0.15) is 5.26 Å². The fourth-order valence-electron chi connectivity index (χ4n) is 2.41. The van der Waals surface area contributed by atoms with Crippen LogP contribution in [-0.2, 0) is 13.0 Å². The van der Waals surface area contributed by atoms with Gasteiger partial charge < -0.3 is 10.2 Å². The molecule has 6 heteroatoms. The van der Waals surface area contributed by atoms with E-state index in [-0.39, 0.29) is 12.1 Å². The smallest absolute Gasteiger partial charge is 0.317 e. The molecule has 1 heterocycles. The molecule has 1 aromatic heterocycles. The van der Waals surface area contributed by atoms with Gasteiger partial charge in [-0.15, -0.1) is 11.3 Å². The number of aryl methyl sites for hydroxylation is 2. The van der Waals surface area contributed by atoms with Gasteiger partial charge in [-0.25, -0.2) is 9.78 Å². The molecule has 1 aromatic carbocycles. The number of rotatable bonds is 5. The number of carbonyl (C=O) groups excluding carboxylic acids is 1. The molecule has 0 saturated heterocycles. The molecule has 0 aliphatic carbocycles. The van der Waals surface area contributed by atoms with Gasteiger partial charge in [0.1, 0.15) is 0 Å². The predicted octanol–water partition coefficient (Wildman–Crippen LogP) is 3.79. The summed E-state index contributed by atoms with van der Waals surface area (Å²) in [6.07, 6.45) is 0.906. The number of nitriles is 1. The average Bonchev–Trinajstić information content (AvgIpc) is 2.99. The summed E-state index contributed by atoms with van der Waals surface area (Å²) < 4.78 is 0. The van der Waals surface area contributed by atoms with E-state index in [2.05, 4.69) is 23.3 Å². The zero-order chi connectivity index (χ0) is 17.7. The van der Waals surface area contributed by atoms with E-state index in [1.165, 1.54) is 0 Å². The van der Waals surface area contributed by atoms with E-state index in [4.69, 9.17) is 5.26 Å². The number of carbonyl (C=O) groups is 1. The Kier molecular flexibility index (Phi) is 5.93. The van der Waals surface area contributed by atoms with Crippen molar-refractivity contribution in [2.45, 2.75) is 39.8 Å². The molecule has 0 saturated carbocycles. The Hall–Kier alpha value is -2.39. The molecule has 0 spiro atoms. The van der Waals surface area contributed by atoms with Gasteiger partial charge in [0.2, 0.25) is 0 Å². The van der Waals surface area contributed by atoms with Gasteiger partial charge in [0.15, 0.2) is 0 Å². The Bertz CT molecular complexity index is 763. The summed E-state index contributed by atoms with van der Waals surface area (Å²) in [5, 5.41) is 12.9. The normalized spacial score (nSPS) is 11.6. The zero-order valence-electron chi connectivity index (χ0n) is 14.5. The largest absolute Gasteiger partial charge is 0.334 e. The van der Waals surface area contributed by atoms with Crippen molar-refractivity contribution in [3.63, 3.8) is 0 Å². The minimum absolute atomic E-state index is 0.0340. The summed E-state index contributed by atoms with van der Waals surface area (Å²) in [6, 6.07) is 9.17. The van der Waals surface area contributed by atoms with Gasteiger partial charge in [-0.05, 0) is 38.0 Å². The Morgan fingerprint density at radius 1 is 1.50 bits per heavy atom. The lowest BCUT2D eigenvalue weighted by Crippen LogP contribution is -2.38. The van der Waals surface area contributed by atoms with Crippen molar-refractivity contribution in [2.75, 3.05) is 7.05 Å². The average molecular weight is 342 g/mol. The topological polar surface area (TPSA) is 69.0 Å². The lowest BCUT2D eigenvalue weighted by Gasteiger charge is -2.24. The molecule has 0 fully saturated rings. The highest BCUT2D eigenvalue weighted by molar-refractivity contribution is 7.11. The molecule has 0 aliphatic rings. The van der Waals surface area contributed by atoms with Crippen molar-refractivity contribution in [3.8, 4) is 6.07 Å². The first-order valence-corrected chi connectivity index (χ1v) is 8.73. The molecule has 1 unspecified atom stereocenters. The van der Waals surface area contributed by atoms with Crippen LogP contribution in [0.5, 0.6) is 0 Å². The third kappa shape index (κ3) is 4.12. The molecule has 0 radical (unpaired) electrons. The molecule has 126 valence electrons. The van der Waals surface area contributed by atoms with Gasteiger partial charge in [0.05, 0.1) is 28.4 Å². The highest BCUT2D eigenvalue weighted by Crippen LogP contribution is 2.28. The maximum absolute atomic E-state index is 12.4. The molecule has 5 nitrogen and oxygen atoms in total. The summed E-state index contributed by atoms with van der Waals surface area (Å²) in [4.78, 5) is 19.8. The number of aromatic nitrogens is 1. The first-order chi connectivity index (χ1) is 11.5. The van der Waals surface area contributed by atoms with Crippen LogP contribution >= 0.6 is 11.3 Å². The van der Waals surface area contributed by atoms with Crippen molar-refractivity contribution in [2.24, 2.45) is 0 Å². The third-order valence-electron chi connectivity index (χ3n) is 3.96. The van der Waals surface area contributed by atoms with Crippen LogP contribution in [0.4, 0.5) is 4.79 Å². The highest BCUT2D eigenvalue weighted by atomic mass is 32.1. The number of nitrogens with one attached hydrogen (secondary N) is 1. The second-order valence-electron chi connectivity index (χ2n) is 5.67. The highest BCUT2D eigenvalue weighted by Gasteiger charge is 2.21. The Labute approximate surface area is 146 Å². The van der Waals surface area contributed by atoms with E-state index >= 15 is 0 Å². The van der Waals surface area contributed by atoms with Crippen LogP contribution in [0.25, 0.3) is 0 Å². The van der Waals surface area contributed by atoms with E-state index in [0.717, 1.165) is 27.6 Å². The quantitative estimate of drug-likeness (QED) is 0.899. The number of benzene rings is 1. The lowest BCUT2D eigenvalue weighted by atomic mass is 10.1. The summed E-state index contributed by atoms with van der Waals surface area (Å²) >= 11 is 1.66. The van der Waals surface area contributed by atoms with E-state index in [1.807, 2.05) is 26.0 Å². The Balaban J connectivity index is 2.00. The fraction of sp³-hybridized carbons (Fsp3) is 0.389. The molecule has 2 aromatic rings. The fourth-order valence-corrected chi connectivity index (χ4v) is 3.51. The van der Waals surface area contributed by atoms with Crippen LogP contribution in [0, 0.1) is 18.3 Å². The number of amides is 2. The van der Waals surface area contributed by atoms with E-state index < -0.39 is 0 Å². The van der Waals surface area contributed by atoms with E-state index in [0.29, 0.717) is 12.1 Å². The minimum Gasteiger partial charge on any atom is -0.334 e. The van der Waals surface area contributed by atoms with Gasteiger partial charge >= 0.3 is 6.03 Å². The Morgan fingerprint density at radius 3 is 2.88 bits per heavy atom. The second kappa shape index (κ2) is 7.93. The van der Waals surface area contributed by atoms with Crippen LogP contribution in [-0.4, -0.2) is 23.0 Å². The summed E-state index contributed by atoms with van der Waals surface area (Å²) in [7, 11) is 1.79. The van der Waals surface area contributed by atoms with Crippen molar-refractivity contribution >= 4 is 17.4 Å². The lowest BCUT2D eigenvalue weighted by molar-refractivity contribution is 0.194. The van der Waals surface area contributed by atoms with Crippen LogP contribution in [0.2, 0.25) is 0 Å². The van der Waals surface area contributed by atoms with E-state index in [1.54, 1.807) is 35.4 Å². The number of hydrogen-bond donors (Lipinski definition) is 1. The number of hydrogen-bond acceptors (Lipinski definition) is 4. The maximum Gasteiger partial charge on any atom is 0.317 e. The molecule has 0 aliphatic heterocycles. The molecular formula is C18H22N4OS. The predicted molar refractivity (Wildman–Crippen MR) is 95.8 cm³/mol. The SMILES string of the molecule is CCc1nc(C)c(C(C)N(C)C(=O)NCc2cccc(C#N)c2)s1. The summed E-state index contributed by atoms with van der Waals surface area (Å²) in [5.74, 6) is 0. The van der Waals surface area contributed by atoms with Crippen molar-refractivity contribution in [1.29, 1.82) is 5.26 Å². The van der Waals surface area contributed by atoms with Crippen LogP contribution in [0.3, 0.4) is 0 Å². The molecular weight excluding hydrogens is 320 g/mol. The number of thiazole rings is 1. The zero-order valence-corrected chi connectivity index (χ0v) is 15.3. The number of nitrogens with zero attached hydrogens (tertiary/aromatic N) is 3. The van der Waals surface area contributed by atoms with Crippen molar-refractivity contribution in [1.82, 2.24) is 15.2 Å². The molecule has 0 bridgehead atoms. The van der Waals surface area contributed by atoms with Gasteiger partial charge in [0, 0.05) is 18.5 Å². The third-order valence-corrected chi connectivity index (χ3v) is 5.43. The second-order valence-corrected chi connectivity index (χ2v) is 6.78. The van der Waals surface area contributed by atoms with Crippen molar-refractivity contribution < 1.29 is 4.79 Å². The molecule has 2 rings (SSSR count). The monoisotopic (exact) mass is 342 g/mol. The summed E-state index contributed by atoms with van der Waals surface area (Å²) in [5.41, 5.74) is 2.49. The van der Waals surface area contributed by atoms with Gasteiger partial charge in [-0.1, -0.05) is 19.1 Å². The Morgan fingerprint density at radius 2 is 2.25 bits per heavy atom. The van der Waals surface area contributed by atoms with Crippen LogP contribution < -0.4 is 5.32 Å². The molecule has 24 heavy (non-hydrogen) atoms. The van der Waals surface area contributed by atoms with E-state index in [9.17, 15) is 4.79 Å². The molecule has 2 amide bonds. The number of urea groups is 1. The van der Waals surface area contributed by atoms with Crippen LogP contribution in [0.1, 0.15) is 46.6 Å². The van der Waals surface area contributed by atoms with Crippen LogP contribution in [0.15, 0.2) is 24.3 Å². The molecule has 1 atom stereocenters. The standard InChI is InChI=1S/C18H22N4OS/c1-5-16-21-12(2)17(24-16)13(3)22(4)18(23)20-11-15-8-6-7-14(9-15)10-19/h6-9,13H,5,11H2,1-4H3,(H,20,23). The maximum atomic E-state index is 12.4.